The van der Waals surface area contributed by atoms with Crippen molar-refractivity contribution in [1.82, 2.24) is 10.6 Å². The molecule has 1 aromatic heterocycles. The summed E-state index contributed by atoms with van der Waals surface area (Å²) in [5.74, 6) is 0.849. The fraction of sp³-hybridized carbons (Fsp3) is 0.421. The lowest BCUT2D eigenvalue weighted by Crippen LogP contribution is -2.39. The molecule has 1 unspecified atom stereocenters. The van der Waals surface area contributed by atoms with Gasteiger partial charge in [0.2, 0.25) is 0 Å². The van der Waals surface area contributed by atoms with Gasteiger partial charge in [0.05, 0.1) is 13.2 Å². The molecule has 1 aromatic carbocycles. The Bertz CT molecular complexity index is 631. The van der Waals surface area contributed by atoms with Gasteiger partial charge in [-0.1, -0.05) is 37.3 Å². The lowest BCUT2D eigenvalue weighted by molar-refractivity contribution is 0.265. The number of rotatable bonds is 8. The van der Waals surface area contributed by atoms with Crippen molar-refractivity contribution in [1.29, 1.82) is 0 Å². The average molecular weight is 473 g/mol. The second-order valence-electron chi connectivity index (χ2n) is 5.59. The number of halogens is 1. The Balaban J connectivity index is 0.00000312. The highest BCUT2D eigenvalue weighted by Gasteiger charge is 2.10. The monoisotopic (exact) mass is 473 g/mol. The first-order valence-electron chi connectivity index (χ1n) is 8.52. The predicted molar refractivity (Wildman–Crippen MR) is 118 cm³/mol. The van der Waals surface area contributed by atoms with Crippen LogP contribution in [0.25, 0.3) is 0 Å². The van der Waals surface area contributed by atoms with Crippen LogP contribution in [0.5, 0.6) is 0 Å². The molecule has 0 bridgehead atoms. The zero-order valence-electron chi connectivity index (χ0n) is 14.9. The molecule has 0 amide bonds. The van der Waals surface area contributed by atoms with Crippen molar-refractivity contribution >= 4 is 41.3 Å². The Hall–Kier alpha value is -1.12. The molecule has 0 aliphatic carbocycles. The zero-order chi connectivity index (χ0) is 17.2. The maximum absolute atomic E-state index is 9.66. The summed E-state index contributed by atoms with van der Waals surface area (Å²) in [4.78, 5) is 7.32. The summed E-state index contributed by atoms with van der Waals surface area (Å²) >= 11 is 1.82. The van der Waals surface area contributed by atoms with E-state index in [-0.39, 0.29) is 36.5 Å². The van der Waals surface area contributed by atoms with E-state index in [4.69, 9.17) is 0 Å². The first kappa shape index (κ1) is 21.9. The molecule has 3 N–H and O–H groups in total. The summed E-state index contributed by atoms with van der Waals surface area (Å²) in [5.41, 5.74) is 1.13. The van der Waals surface area contributed by atoms with Crippen molar-refractivity contribution in [2.75, 3.05) is 19.7 Å². The molecule has 1 heterocycles. The van der Waals surface area contributed by atoms with E-state index in [2.05, 4.69) is 41.6 Å². The van der Waals surface area contributed by atoms with Crippen LogP contribution in [0, 0.1) is 0 Å². The second-order valence-corrected chi connectivity index (χ2v) is 6.84. The van der Waals surface area contributed by atoms with E-state index in [1.807, 2.05) is 41.7 Å². The largest absolute Gasteiger partial charge is 0.396 e. The van der Waals surface area contributed by atoms with Crippen LogP contribution < -0.4 is 10.6 Å². The van der Waals surface area contributed by atoms with Crippen molar-refractivity contribution in [3.63, 3.8) is 0 Å². The Labute approximate surface area is 171 Å². The number of guanidine groups is 1. The van der Waals surface area contributed by atoms with Crippen molar-refractivity contribution in [3.8, 4) is 0 Å². The molecule has 2 aromatic rings. The summed E-state index contributed by atoms with van der Waals surface area (Å²) in [6, 6.07) is 14.4. The molecular formula is C19H28IN3OS. The van der Waals surface area contributed by atoms with Gasteiger partial charge in [0.15, 0.2) is 5.96 Å². The van der Waals surface area contributed by atoms with E-state index >= 15 is 0 Å². The molecule has 2 rings (SSSR count). The Morgan fingerprint density at radius 2 is 1.80 bits per heavy atom. The van der Waals surface area contributed by atoms with Gasteiger partial charge in [-0.2, -0.15) is 0 Å². The fourth-order valence-electron chi connectivity index (χ4n) is 2.43. The van der Waals surface area contributed by atoms with Gasteiger partial charge in [-0.3, -0.25) is 0 Å². The minimum Gasteiger partial charge on any atom is -0.396 e. The van der Waals surface area contributed by atoms with Crippen molar-refractivity contribution in [2.24, 2.45) is 4.99 Å². The van der Waals surface area contributed by atoms with Gasteiger partial charge in [0, 0.05) is 28.8 Å². The van der Waals surface area contributed by atoms with Gasteiger partial charge in [-0.25, -0.2) is 4.99 Å². The maximum atomic E-state index is 9.66. The van der Waals surface area contributed by atoms with Gasteiger partial charge in [0.1, 0.15) is 0 Å². The first-order chi connectivity index (χ1) is 11.8. The lowest BCUT2D eigenvalue weighted by Gasteiger charge is -2.18. The van der Waals surface area contributed by atoms with Crippen LogP contribution >= 0.6 is 35.3 Å². The number of aliphatic hydroxyl groups excluding tert-OH is 1. The zero-order valence-corrected chi connectivity index (χ0v) is 18.0. The van der Waals surface area contributed by atoms with Crippen molar-refractivity contribution in [3.05, 3.63) is 57.8 Å². The van der Waals surface area contributed by atoms with Crippen LogP contribution in [0.2, 0.25) is 0 Å². The Morgan fingerprint density at radius 3 is 2.40 bits per heavy atom. The molecule has 0 fully saturated rings. The predicted octanol–water partition coefficient (Wildman–Crippen LogP) is 3.76. The topological polar surface area (TPSA) is 56.7 Å². The highest BCUT2D eigenvalue weighted by molar-refractivity contribution is 14.0. The molecule has 0 spiro atoms. The van der Waals surface area contributed by atoms with Crippen LogP contribution in [0.15, 0.2) is 47.5 Å². The second kappa shape index (κ2) is 12.3. The van der Waals surface area contributed by atoms with E-state index in [0.29, 0.717) is 13.1 Å². The normalized spacial score (nSPS) is 12.4. The first-order valence-corrected chi connectivity index (χ1v) is 9.34. The minimum atomic E-state index is 0. The molecule has 1 atom stereocenters. The third-order valence-corrected chi connectivity index (χ3v) is 5.02. The van der Waals surface area contributed by atoms with Crippen LogP contribution in [-0.4, -0.2) is 30.8 Å². The standard InChI is InChI=1S/C19H27N3OS.HI/c1-3-17-10-11-18(24-17)13-22-19(20-4-2)21-12-16(14-23)15-8-6-5-7-9-15;/h5-11,16,23H,3-4,12-14H2,1-2H3,(H2,20,21,22);1H. The summed E-state index contributed by atoms with van der Waals surface area (Å²) in [7, 11) is 0. The van der Waals surface area contributed by atoms with Gasteiger partial charge < -0.3 is 15.7 Å². The highest BCUT2D eigenvalue weighted by atomic mass is 127. The molecule has 0 saturated heterocycles. The van der Waals surface area contributed by atoms with E-state index < -0.39 is 0 Å². The Kier molecular flexibility index (Phi) is 10.8. The molecule has 0 radical (unpaired) electrons. The van der Waals surface area contributed by atoms with Crippen LogP contribution in [0.3, 0.4) is 0 Å². The molecular weight excluding hydrogens is 445 g/mol. The van der Waals surface area contributed by atoms with Gasteiger partial charge in [0.25, 0.3) is 0 Å². The minimum absolute atomic E-state index is 0. The number of nitrogens with zero attached hydrogens (tertiary/aromatic N) is 1. The third-order valence-electron chi connectivity index (χ3n) is 3.81. The SMILES string of the molecule is CCNC(=NCc1ccc(CC)s1)NCC(CO)c1ccccc1.I. The van der Waals surface area contributed by atoms with Gasteiger partial charge >= 0.3 is 0 Å². The number of hydrogen-bond donors (Lipinski definition) is 3. The summed E-state index contributed by atoms with van der Waals surface area (Å²) in [5, 5.41) is 16.3. The number of hydrogen-bond acceptors (Lipinski definition) is 3. The number of benzene rings is 1. The number of aliphatic hydroxyl groups is 1. The van der Waals surface area contributed by atoms with E-state index in [0.717, 1.165) is 24.5 Å². The van der Waals surface area contributed by atoms with Crippen LogP contribution in [-0.2, 0) is 13.0 Å². The molecule has 0 aliphatic heterocycles. The van der Waals surface area contributed by atoms with Crippen LogP contribution in [0.1, 0.15) is 35.1 Å². The average Bonchev–Trinajstić information content (AvgIpc) is 3.09. The smallest absolute Gasteiger partial charge is 0.191 e. The molecule has 6 heteroatoms. The third kappa shape index (κ3) is 7.33. The Morgan fingerprint density at radius 1 is 1.08 bits per heavy atom. The van der Waals surface area contributed by atoms with Crippen molar-refractivity contribution < 1.29 is 5.11 Å². The quantitative estimate of drug-likeness (QED) is 0.311. The van der Waals surface area contributed by atoms with Gasteiger partial charge in [-0.15, -0.1) is 35.3 Å². The molecule has 4 nitrogen and oxygen atoms in total. The summed E-state index contributed by atoms with van der Waals surface area (Å²) in [6.07, 6.45) is 1.07. The van der Waals surface area contributed by atoms with Crippen LogP contribution in [0.4, 0.5) is 0 Å². The number of nitrogens with one attached hydrogen (secondary N) is 2. The van der Waals surface area contributed by atoms with E-state index in [1.165, 1.54) is 9.75 Å². The molecule has 138 valence electrons. The maximum Gasteiger partial charge on any atom is 0.191 e. The highest BCUT2D eigenvalue weighted by Crippen LogP contribution is 2.17. The molecule has 0 aliphatic rings. The van der Waals surface area contributed by atoms with Crippen molar-refractivity contribution in [2.45, 2.75) is 32.7 Å². The van der Waals surface area contributed by atoms with E-state index in [1.54, 1.807) is 0 Å². The number of thiophene rings is 1. The summed E-state index contributed by atoms with van der Waals surface area (Å²) in [6.45, 7) is 6.47. The molecule has 0 saturated carbocycles. The fourth-order valence-corrected chi connectivity index (χ4v) is 3.31. The number of aliphatic imine (C=N–C) groups is 1. The summed E-state index contributed by atoms with van der Waals surface area (Å²) < 4.78 is 0. The van der Waals surface area contributed by atoms with E-state index in [9.17, 15) is 5.11 Å². The lowest BCUT2D eigenvalue weighted by atomic mass is 10.0. The molecule has 25 heavy (non-hydrogen) atoms. The van der Waals surface area contributed by atoms with Gasteiger partial charge in [-0.05, 0) is 31.0 Å². The number of aryl methyl sites for hydroxylation is 1.